The molecule has 2 rings (SSSR count). The molecule has 1 N–H and O–H groups in total. The van der Waals surface area contributed by atoms with Gasteiger partial charge >= 0.3 is 0 Å². The first-order valence-electron chi connectivity index (χ1n) is 6.67. The number of pyridine rings is 1. The predicted octanol–water partition coefficient (Wildman–Crippen LogP) is 3.52. The molecule has 1 heterocycles. The van der Waals surface area contributed by atoms with Crippen LogP contribution in [0.2, 0.25) is 5.02 Å². The zero-order chi connectivity index (χ0) is 14.4. The highest BCUT2D eigenvalue weighted by molar-refractivity contribution is 6.30. The fourth-order valence-electron chi connectivity index (χ4n) is 2.07. The molecule has 1 aromatic heterocycles. The van der Waals surface area contributed by atoms with Gasteiger partial charge in [0.2, 0.25) is 0 Å². The van der Waals surface area contributed by atoms with Crippen molar-refractivity contribution in [2.75, 3.05) is 13.2 Å². The van der Waals surface area contributed by atoms with E-state index < -0.39 is 0 Å². The van der Waals surface area contributed by atoms with Gasteiger partial charge < -0.3 is 10.1 Å². The van der Waals surface area contributed by atoms with Gasteiger partial charge in [-0.25, -0.2) is 0 Å². The molecule has 0 unspecified atom stereocenters. The van der Waals surface area contributed by atoms with Crippen molar-refractivity contribution in [1.82, 2.24) is 10.3 Å². The zero-order valence-corrected chi connectivity index (χ0v) is 12.6. The molecule has 0 saturated carbocycles. The molecular formula is C16H19ClN2O. The molecule has 0 amide bonds. The van der Waals surface area contributed by atoms with E-state index >= 15 is 0 Å². The number of nitrogens with one attached hydrogen (secondary N) is 1. The van der Waals surface area contributed by atoms with E-state index in [4.69, 9.17) is 16.3 Å². The Bertz CT molecular complexity index is 535. The fourth-order valence-corrected chi connectivity index (χ4v) is 2.40. The number of rotatable bonds is 6. The predicted molar refractivity (Wildman–Crippen MR) is 82.4 cm³/mol. The number of ether oxygens (including phenoxy) is 1. The van der Waals surface area contributed by atoms with Crippen molar-refractivity contribution in [3.8, 4) is 5.75 Å². The first-order valence-corrected chi connectivity index (χ1v) is 7.05. The summed E-state index contributed by atoms with van der Waals surface area (Å²) in [7, 11) is 0. The van der Waals surface area contributed by atoms with Gasteiger partial charge in [0.1, 0.15) is 12.4 Å². The van der Waals surface area contributed by atoms with Gasteiger partial charge in [-0.05, 0) is 49.2 Å². The van der Waals surface area contributed by atoms with Gasteiger partial charge in [-0.3, -0.25) is 4.98 Å². The molecule has 2 aromatic rings. The Morgan fingerprint density at radius 3 is 2.60 bits per heavy atom. The van der Waals surface area contributed by atoms with Crippen LogP contribution in [0.4, 0.5) is 0 Å². The maximum absolute atomic E-state index is 6.00. The van der Waals surface area contributed by atoms with E-state index in [0.29, 0.717) is 6.61 Å². The van der Waals surface area contributed by atoms with E-state index in [1.807, 2.05) is 44.2 Å². The fraction of sp³-hybridized carbons (Fsp3) is 0.312. The number of benzene rings is 1. The molecule has 1 aromatic carbocycles. The highest BCUT2D eigenvalue weighted by Crippen LogP contribution is 2.26. The molecule has 4 heteroatoms. The van der Waals surface area contributed by atoms with E-state index in [1.54, 1.807) is 6.20 Å². The van der Waals surface area contributed by atoms with Crippen LogP contribution in [0.3, 0.4) is 0 Å². The molecule has 3 nitrogen and oxygen atoms in total. The lowest BCUT2D eigenvalue weighted by molar-refractivity contribution is 0.309. The molecule has 0 aliphatic carbocycles. The van der Waals surface area contributed by atoms with Gasteiger partial charge in [-0.2, -0.15) is 0 Å². The summed E-state index contributed by atoms with van der Waals surface area (Å²) >= 11 is 6.00. The molecule has 0 radical (unpaired) electrons. The van der Waals surface area contributed by atoms with Crippen LogP contribution in [0.1, 0.15) is 16.8 Å². The number of nitrogens with zero attached hydrogens (tertiary/aromatic N) is 1. The Hall–Kier alpha value is -1.58. The maximum Gasteiger partial charge on any atom is 0.125 e. The summed E-state index contributed by atoms with van der Waals surface area (Å²) in [6, 6.07) is 9.75. The average molecular weight is 291 g/mol. The van der Waals surface area contributed by atoms with Crippen LogP contribution in [-0.2, 0) is 6.54 Å². The molecular weight excluding hydrogens is 272 g/mol. The van der Waals surface area contributed by atoms with Crippen LogP contribution < -0.4 is 10.1 Å². The molecule has 0 aliphatic rings. The lowest BCUT2D eigenvalue weighted by Gasteiger charge is -2.13. The van der Waals surface area contributed by atoms with E-state index in [-0.39, 0.29) is 0 Å². The van der Waals surface area contributed by atoms with Crippen LogP contribution in [0.5, 0.6) is 5.75 Å². The number of aromatic nitrogens is 1. The quantitative estimate of drug-likeness (QED) is 0.827. The van der Waals surface area contributed by atoms with Crippen LogP contribution in [0.25, 0.3) is 0 Å². The summed E-state index contributed by atoms with van der Waals surface area (Å²) < 4.78 is 5.82. The standard InChI is InChI=1S/C16H19ClN2O/c1-12-9-14(17)10-13(2)16(12)20-8-7-18-11-15-5-3-4-6-19-15/h3-6,9-10,18H,7-8,11H2,1-2H3. The maximum atomic E-state index is 6.00. The molecule has 0 saturated heterocycles. The third-order valence-corrected chi connectivity index (χ3v) is 3.20. The average Bonchev–Trinajstić information content (AvgIpc) is 2.42. The Morgan fingerprint density at radius 2 is 1.95 bits per heavy atom. The minimum absolute atomic E-state index is 0.621. The van der Waals surface area contributed by atoms with Crippen molar-refractivity contribution < 1.29 is 4.74 Å². The molecule has 106 valence electrons. The highest BCUT2D eigenvalue weighted by Gasteiger charge is 2.05. The molecule has 0 fully saturated rings. The van der Waals surface area contributed by atoms with Gasteiger partial charge in [-0.15, -0.1) is 0 Å². The van der Waals surface area contributed by atoms with Gasteiger partial charge in [0.15, 0.2) is 0 Å². The summed E-state index contributed by atoms with van der Waals surface area (Å²) in [5.41, 5.74) is 3.17. The second kappa shape index (κ2) is 7.27. The van der Waals surface area contributed by atoms with Gasteiger partial charge in [0.05, 0.1) is 5.69 Å². The largest absolute Gasteiger partial charge is 0.492 e. The summed E-state index contributed by atoms with van der Waals surface area (Å²) in [5, 5.41) is 4.06. The summed E-state index contributed by atoms with van der Waals surface area (Å²) in [6.45, 7) is 6.17. The lowest BCUT2D eigenvalue weighted by atomic mass is 10.1. The summed E-state index contributed by atoms with van der Waals surface area (Å²) in [5.74, 6) is 0.925. The molecule has 0 spiro atoms. The SMILES string of the molecule is Cc1cc(Cl)cc(C)c1OCCNCc1ccccn1. The first-order chi connectivity index (χ1) is 9.66. The van der Waals surface area contributed by atoms with Crippen LogP contribution in [0.15, 0.2) is 36.5 Å². The van der Waals surface area contributed by atoms with Crippen molar-refractivity contribution in [3.63, 3.8) is 0 Å². The van der Waals surface area contributed by atoms with Gasteiger partial charge in [0, 0.05) is 24.3 Å². The number of halogens is 1. The normalized spacial score (nSPS) is 10.6. The summed E-state index contributed by atoms with van der Waals surface area (Å²) in [6.07, 6.45) is 1.80. The summed E-state index contributed by atoms with van der Waals surface area (Å²) in [4.78, 5) is 4.25. The number of hydrogen-bond donors (Lipinski definition) is 1. The van der Waals surface area contributed by atoms with Crippen molar-refractivity contribution in [2.24, 2.45) is 0 Å². The number of aryl methyl sites for hydroxylation is 2. The molecule has 0 aliphatic heterocycles. The topological polar surface area (TPSA) is 34.1 Å². The van der Waals surface area contributed by atoms with E-state index in [0.717, 1.165) is 40.7 Å². The Labute approximate surface area is 124 Å². The van der Waals surface area contributed by atoms with Crippen LogP contribution in [-0.4, -0.2) is 18.1 Å². The monoisotopic (exact) mass is 290 g/mol. The Balaban J connectivity index is 1.76. The number of hydrogen-bond acceptors (Lipinski definition) is 3. The third-order valence-electron chi connectivity index (χ3n) is 2.98. The Kier molecular flexibility index (Phi) is 5.39. The van der Waals surface area contributed by atoms with Crippen molar-refractivity contribution in [2.45, 2.75) is 20.4 Å². The van der Waals surface area contributed by atoms with E-state index in [9.17, 15) is 0 Å². The van der Waals surface area contributed by atoms with Crippen LogP contribution >= 0.6 is 11.6 Å². The van der Waals surface area contributed by atoms with Crippen LogP contribution in [0, 0.1) is 13.8 Å². The molecule has 0 bridgehead atoms. The second-order valence-corrected chi connectivity index (χ2v) is 5.15. The van der Waals surface area contributed by atoms with E-state index in [1.165, 1.54) is 0 Å². The Morgan fingerprint density at radius 1 is 1.20 bits per heavy atom. The van der Waals surface area contributed by atoms with Gasteiger partial charge in [-0.1, -0.05) is 17.7 Å². The third kappa shape index (κ3) is 4.22. The zero-order valence-electron chi connectivity index (χ0n) is 11.8. The lowest BCUT2D eigenvalue weighted by Crippen LogP contribution is -2.21. The second-order valence-electron chi connectivity index (χ2n) is 4.72. The smallest absolute Gasteiger partial charge is 0.125 e. The molecule has 0 atom stereocenters. The van der Waals surface area contributed by atoms with E-state index in [2.05, 4.69) is 10.3 Å². The molecule has 20 heavy (non-hydrogen) atoms. The van der Waals surface area contributed by atoms with Crippen molar-refractivity contribution >= 4 is 11.6 Å². The first kappa shape index (κ1) is 14.8. The minimum Gasteiger partial charge on any atom is -0.492 e. The highest BCUT2D eigenvalue weighted by atomic mass is 35.5. The van der Waals surface area contributed by atoms with Gasteiger partial charge in [0.25, 0.3) is 0 Å². The van der Waals surface area contributed by atoms with Crippen molar-refractivity contribution in [1.29, 1.82) is 0 Å². The van der Waals surface area contributed by atoms with Crippen molar-refractivity contribution in [3.05, 3.63) is 58.4 Å². The minimum atomic E-state index is 0.621.